The zero-order chi connectivity index (χ0) is 9.84. The van der Waals surface area contributed by atoms with Gasteiger partial charge in [0.05, 0.1) is 6.61 Å². The van der Waals surface area contributed by atoms with Crippen molar-refractivity contribution in [2.75, 3.05) is 6.61 Å². The zero-order valence-electron chi connectivity index (χ0n) is 8.13. The number of aryl methyl sites for hydroxylation is 1. The summed E-state index contributed by atoms with van der Waals surface area (Å²) in [5.41, 5.74) is 2.36. The van der Waals surface area contributed by atoms with E-state index in [0.29, 0.717) is 12.3 Å². The zero-order valence-corrected chi connectivity index (χ0v) is 8.13. The van der Waals surface area contributed by atoms with Crippen LogP contribution in [0.4, 0.5) is 0 Å². The number of carbonyl (C=O) groups is 1. The second-order valence-electron chi connectivity index (χ2n) is 2.82. The summed E-state index contributed by atoms with van der Waals surface area (Å²) in [6.07, 6.45) is 1.62. The van der Waals surface area contributed by atoms with Crippen molar-refractivity contribution >= 4 is 5.97 Å². The van der Waals surface area contributed by atoms with Crippen LogP contribution < -0.4 is 0 Å². The van der Waals surface area contributed by atoms with Crippen LogP contribution in [0.2, 0.25) is 0 Å². The molecule has 0 aliphatic rings. The highest BCUT2D eigenvalue weighted by Gasteiger charge is 2.11. The van der Waals surface area contributed by atoms with Crippen molar-refractivity contribution in [2.45, 2.75) is 20.8 Å². The van der Waals surface area contributed by atoms with Crippen molar-refractivity contribution in [2.24, 2.45) is 0 Å². The molecule has 1 aromatic heterocycles. The number of pyridine rings is 1. The molecule has 0 spiro atoms. The topological polar surface area (TPSA) is 39.2 Å². The Morgan fingerprint density at radius 3 is 2.85 bits per heavy atom. The van der Waals surface area contributed by atoms with Crippen LogP contribution in [-0.2, 0) is 4.74 Å². The number of esters is 1. The van der Waals surface area contributed by atoms with Crippen LogP contribution in [0.5, 0.6) is 0 Å². The van der Waals surface area contributed by atoms with Crippen molar-refractivity contribution in [1.29, 1.82) is 0 Å². The molecule has 0 saturated heterocycles. The Labute approximate surface area is 77.8 Å². The van der Waals surface area contributed by atoms with E-state index in [0.717, 1.165) is 11.1 Å². The molecule has 0 bridgehead atoms. The fourth-order valence-electron chi connectivity index (χ4n) is 1.04. The molecule has 0 fully saturated rings. The third-order valence-corrected chi connectivity index (χ3v) is 1.94. The minimum atomic E-state index is -0.344. The van der Waals surface area contributed by atoms with E-state index < -0.39 is 0 Å². The summed E-state index contributed by atoms with van der Waals surface area (Å²) in [5.74, 6) is -0.344. The molecule has 1 rings (SSSR count). The van der Waals surface area contributed by atoms with E-state index in [4.69, 9.17) is 4.74 Å². The first-order valence-electron chi connectivity index (χ1n) is 4.26. The summed E-state index contributed by atoms with van der Waals surface area (Å²) >= 11 is 0. The van der Waals surface area contributed by atoms with Crippen LogP contribution in [0.3, 0.4) is 0 Å². The van der Waals surface area contributed by atoms with Gasteiger partial charge in [-0.1, -0.05) is 0 Å². The minimum Gasteiger partial charge on any atom is -0.461 e. The maximum Gasteiger partial charge on any atom is 0.357 e. The summed E-state index contributed by atoms with van der Waals surface area (Å²) in [4.78, 5) is 15.3. The summed E-state index contributed by atoms with van der Waals surface area (Å²) in [5, 5.41) is 0. The molecule has 0 radical (unpaired) electrons. The maximum atomic E-state index is 11.3. The fourth-order valence-corrected chi connectivity index (χ4v) is 1.04. The van der Waals surface area contributed by atoms with E-state index in [-0.39, 0.29) is 5.97 Å². The van der Waals surface area contributed by atoms with E-state index in [2.05, 4.69) is 4.98 Å². The summed E-state index contributed by atoms with van der Waals surface area (Å²) < 4.78 is 4.86. The summed E-state index contributed by atoms with van der Waals surface area (Å²) in [6.45, 7) is 5.98. The van der Waals surface area contributed by atoms with Gasteiger partial charge in [0.2, 0.25) is 0 Å². The molecule has 0 aliphatic carbocycles. The van der Waals surface area contributed by atoms with Crippen LogP contribution in [0.1, 0.15) is 28.5 Å². The first kappa shape index (κ1) is 9.71. The lowest BCUT2D eigenvalue weighted by atomic mass is 10.1. The Bertz CT molecular complexity index is 321. The Balaban J connectivity index is 3.01. The summed E-state index contributed by atoms with van der Waals surface area (Å²) in [7, 11) is 0. The normalized spacial score (nSPS) is 9.77. The highest BCUT2D eigenvalue weighted by molar-refractivity contribution is 5.89. The molecule has 0 aliphatic heterocycles. The van der Waals surface area contributed by atoms with Gasteiger partial charge in [-0.3, -0.25) is 0 Å². The van der Waals surface area contributed by atoms with Gasteiger partial charge < -0.3 is 4.74 Å². The predicted molar refractivity (Wildman–Crippen MR) is 49.7 cm³/mol. The first-order chi connectivity index (χ1) is 6.16. The van der Waals surface area contributed by atoms with Crippen LogP contribution in [-0.4, -0.2) is 17.6 Å². The fraction of sp³-hybridized carbons (Fsp3) is 0.400. The van der Waals surface area contributed by atoms with Crippen molar-refractivity contribution in [3.8, 4) is 0 Å². The van der Waals surface area contributed by atoms with E-state index in [1.54, 1.807) is 13.1 Å². The maximum absolute atomic E-state index is 11.3. The Morgan fingerprint density at radius 1 is 1.54 bits per heavy atom. The van der Waals surface area contributed by atoms with E-state index >= 15 is 0 Å². The van der Waals surface area contributed by atoms with Gasteiger partial charge in [-0.05, 0) is 38.0 Å². The van der Waals surface area contributed by atoms with Crippen molar-refractivity contribution < 1.29 is 9.53 Å². The third kappa shape index (κ3) is 2.05. The predicted octanol–water partition coefficient (Wildman–Crippen LogP) is 1.88. The van der Waals surface area contributed by atoms with Gasteiger partial charge in [-0.2, -0.15) is 0 Å². The van der Waals surface area contributed by atoms with Gasteiger partial charge in [0.1, 0.15) is 0 Å². The number of nitrogens with zero attached hydrogens (tertiary/aromatic N) is 1. The number of rotatable bonds is 2. The standard InChI is InChI=1S/C10H13NO2/c1-4-13-10(12)9-8(3)7(2)5-6-11-9/h5-6H,4H2,1-3H3. The molecular formula is C10H13NO2. The molecule has 3 nitrogen and oxygen atoms in total. The van der Waals surface area contributed by atoms with Gasteiger partial charge in [0, 0.05) is 6.20 Å². The monoisotopic (exact) mass is 179 g/mol. The van der Waals surface area contributed by atoms with Crippen LogP contribution >= 0.6 is 0 Å². The molecule has 13 heavy (non-hydrogen) atoms. The molecule has 70 valence electrons. The van der Waals surface area contributed by atoms with Crippen molar-refractivity contribution in [1.82, 2.24) is 4.98 Å². The lowest BCUT2D eigenvalue weighted by Gasteiger charge is -2.05. The van der Waals surface area contributed by atoms with Gasteiger partial charge in [-0.15, -0.1) is 0 Å². The molecule has 0 aromatic carbocycles. The molecule has 1 heterocycles. The highest BCUT2D eigenvalue weighted by atomic mass is 16.5. The van der Waals surface area contributed by atoms with E-state index in [9.17, 15) is 4.79 Å². The second kappa shape index (κ2) is 4.03. The van der Waals surface area contributed by atoms with Gasteiger partial charge in [0.25, 0.3) is 0 Å². The second-order valence-corrected chi connectivity index (χ2v) is 2.82. The average molecular weight is 179 g/mol. The number of hydrogen-bond donors (Lipinski definition) is 0. The average Bonchev–Trinajstić information content (AvgIpc) is 2.10. The van der Waals surface area contributed by atoms with E-state index in [1.807, 2.05) is 19.9 Å². The largest absolute Gasteiger partial charge is 0.461 e. The van der Waals surface area contributed by atoms with Crippen molar-refractivity contribution in [3.63, 3.8) is 0 Å². The molecule has 0 unspecified atom stereocenters. The minimum absolute atomic E-state index is 0.344. The molecule has 0 atom stereocenters. The Kier molecular flexibility index (Phi) is 3.01. The number of carbonyl (C=O) groups excluding carboxylic acids is 1. The molecule has 1 aromatic rings. The number of ether oxygens (including phenoxy) is 1. The lowest BCUT2D eigenvalue weighted by molar-refractivity contribution is 0.0518. The van der Waals surface area contributed by atoms with Crippen LogP contribution in [0.15, 0.2) is 12.3 Å². The van der Waals surface area contributed by atoms with E-state index in [1.165, 1.54) is 0 Å². The molecule has 0 amide bonds. The molecular weight excluding hydrogens is 166 g/mol. The van der Waals surface area contributed by atoms with Gasteiger partial charge in [0.15, 0.2) is 5.69 Å². The number of hydrogen-bond acceptors (Lipinski definition) is 3. The molecule has 0 N–H and O–H groups in total. The third-order valence-electron chi connectivity index (χ3n) is 1.94. The highest BCUT2D eigenvalue weighted by Crippen LogP contribution is 2.10. The van der Waals surface area contributed by atoms with Gasteiger partial charge >= 0.3 is 5.97 Å². The SMILES string of the molecule is CCOC(=O)c1nccc(C)c1C. The first-order valence-corrected chi connectivity index (χ1v) is 4.26. The van der Waals surface area contributed by atoms with Crippen molar-refractivity contribution in [3.05, 3.63) is 29.1 Å². The molecule has 0 saturated carbocycles. The Hall–Kier alpha value is -1.38. The van der Waals surface area contributed by atoms with Gasteiger partial charge in [-0.25, -0.2) is 9.78 Å². The lowest BCUT2D eigenvalue weighted by Crippen LogP contribution is -2.09. The smallest absolute Gasteiger partial charge is 0.357 e. The quantitative estimate of drug-likeness (QED) is 0.650. The summed E-state index contributed by atoms with van der Waals surface area (Å²) in [6, 6.07) is 1.87. The van der Waals surface area contributed by atoms with Crippen LogP contribution in [0, 0.1) is 13.8 Å². The Morgan fingerprint density at radius 2 is 2.23 bits per heavy atom. The molecule has 3 heteroatoms. The number of aromatic nitrogens is 1. The van der Waals surface area contributed by atoms with Crippen LogP contribution in [0.25, 0.3) is 0 Å².